The molecule has 0 saturated heterocycles. The van der Waals surface area contributed by atoms with Crippen LogP contribution in [-0.4, -0.2) is 5.78 Å². The zero-order valence-corrected chi connectivity index (χ0v) is 16.7. The number of carbonyl (C=O) groups excluding carboxylic acids is 1. The van der Waals surface area contributed by atoms with E-state index in [-0.39, 0.29) is 22.1 Å². The first kappa shape index (κ1) is 19.2. The van der Waals surface area contributed by atoms with Gasteiger partial charge in [-0.25, -0.2) is 4.39 Å². The first-order chi connectivity index (χ1) is 13.9. The molecule has 0 unspecified atom stereocenters. The van der Waals surface area contributed by atoms with Gasteiger partial charge in [-0.3, -0.25) is 4.79 Å². The van der Waals surface area contributed by atoms with Gasteiger partial charge in [0.25, 0.3) is 0 Å². The number of rotatable bonds is 4. The number of benzene rings is 3. The van der Waals surface area contributed by atoms with Gasteiger partial charge in [-0.1, -0.05) is 41.4 Å². The van der Waals surface area contributed by atoms with Crippen molar-refractivity contribution in [1.29, 1.82) is 0 Å². The van der Waals surface area contributed by atoms with Crippen LogP contribution in [0.3, 0.4) is 0 Å². The molecule has 29 heavy (non-hydrogen) atoms. The van der Waals surface area contributed by atoms with Crippen molar-refractivity contribution in [2.24, 2.45) is 0 Å². The third-order valence-electron chi connectivity index (χ3n) is 4.82. The van der Waals surface area contributed by atoms with Crippen molar-refractivity contribution in [2.75, 3.05) is 0 Å². The Morgan fingerprint density at radius 1 is 1.10 bits per heavy atom. The van der Waals surface area contributed by atoms with Crippen molar-refractivity contribution >= 4 is 23.5 Å². The topological polar surface area (TPSA) is 35.5 Å². The van der Waals surface area contributed by atoms with Crippen molar-refractivity contribution in [2.45, 2.75) is 20.5 Å². The average Bonchev–Trinajstić information content (AvgIpc) is 3.00. The van der Waals surface area contributed by atoms with Crippen LogP contribution in [0.5, 0.6) is 11.5 Å². The van der Waals surface area contributed by atoms with Crippen LogP contribution in [0.1, 0.15) is 32.6 Å². The fourth-order valence-electron chi connectivity index (χ4n) is 3.15. The Balaban J connectivity index is 1.56. The van der Waals surface area contributed by atoms with E-state index < -0.39 is 5.82 Å². The molecule has 0 bridgehead atoms. The molecule has 3 aromatic carbocycles. The quantitative estimate of drug-likeness (QED) is 0.476. The smallest absolute Gasteiger partial charge is 0.231 e. The number of halogens is 2. The van der Waals surface area contributed by atoms with Crippen molar-refractivity contribution in [3.63, 3.8) is 0 Å². The molecule has 1 aliphatic rings. The minimum Gasteiger partial charge on any atom is -0.489 e. The molecule has 4 rings (SSSR count). The van der Waals surface area contributed by atoms with Crippen molar-refractivity contribution < 1.29 is 18.7 Å². The number of fused-ring (bicyclic) bond motifs is 1. The zero-order valence-electron chi connectivity index (χ0n) is 16.0. The summed E-state index contributed by atoms with van der Waals surface area (Å²) in [6, 6.07) is 15.6. The first-order valence-electron chi connectivity index (χ1n) is 9.13. The Kier molecular flexibility index (Phi) is 5.12. The molecule has 3 nitrogen and oxygen atoms in total. The van der Waals surface area contributed by atoms with E-state index in [1.807, 2.05) is 13.8 Å². The van der Waals surface area contributed by atoms with Crippen molar-refractivity contribution in [3.05, 3.63) is 99.0 Å². The van der Waals surface area contributed by atoms with Gasteiger partial charge in [0.05, 0.1) is 10.6 Å². The predicted octanol–water partition coefficient (Wildman–Crippen LogP) is 6.29. The maximum atomic E-state index is 14.0. The first-order valence-corrected chi connectivity index (χ1v) is 9.51. The summed E-state index contributed by atoms with van der Waals surface area (Å²) < 4.78 is 25.6. The van der Waals surface area contributed by atoms with Gasteiger partial charge >= 0.3 is 0 Å². The van der Waals surface area contributed by atoms with Crippen LogP contribution in [0, 0.1) is 19.7 Å². The number of Topliss-reactive ketones (excluding diaryl/α,β-unsaturated/α-hetero) is 1. The van der Waals surface area contributed by atoms with Crippen LogP contribution in [0.15, 0.2) is 60.4 Å². The summed E-state index contributed by atoms with van der Waals surface area (Å²) in [4.78, 5) is 12.6. The lowest BCUT2D eigenvalue weighted by atomic mass is 10.1. The van der Waals surface area contributed by atoms with E-state index in [1.165, 1.54) is 23.8 Å². The summed E-state index contributed by atoms with van der Waals surface area (Å²) >= 11 is 6.04. The highest BCUT2D eigenvalue weighted by Crippen LogP contribution is 2.36. The molecule has 0 aliphatic carbocycles. The molecule has 3 aromatic rings. The van der Waals surface area contributed by atoms with Crippen LogP contribution in [-0.2, 0) is 6.61 Å². The number of carbonyl (C=O) groups is 1. The van der Waals surface area contributed by atoms with Gasteiger partial charge in [-0.2, -0.15) is 0 Å². The van der Waals surface area contributed by atoms with Gasteiger partial charge in [0, 0.05) is 11.6 Å². The number of hydrogen-bond donors (Lipinski definition) is 0. The number of hydrogen-bond acceptors (Lipinski definition) is 3. The molecular weight excluding hydrogens is 391 g/mol. The Morgan fingerprint density at radius 3 is 2.72 bits per heavy atom. The van der Waals surface area contributed by atoms with E-state index >= 15 is 0 Å². The van der Waals surface area contributed by atoms with Gasteiger partial charge in [-0.05, 0) is 55.3 Å². The summed E-state index contributed by atoms with van der Waals surface area (Å²) in [6.45, 7) is 4.48. The van der Waals surface area contributed by atoms with E-state index in [1.54, 1.807) is 24.3 Å². The normalized spacial score (nSPS) is 14.1. The summed E-state index contributed by atoms with van der Waals surface area (Å²) in [7, 11) is 0. The fraction of sp³-hybridized carbons (Fsp3) is 0.125. The van der Waals surface area contributed by atoms with Gasteiger partial charge in [0.1, 0.15) is 23.9 Å². The summed E-state index contributed by atoms with van der Waals surface area (Å²) in [5.74, 6) is 0.156. The molecule has 0 saturated carbocycles. The minimum atomic E-state index is -0.519. The molecule has 5 heteroatoms. The highest BCUT2D eigenvalue weighted by atomic mass is 35.5. The van der Waals surface area contributed by atoms with Gasteiger partial charge in [0.2, 0.25) is 5.78 Å². The summed E-state index contributed by atoms with van der Waals surface area (Å²) in [5, 5.41) is 0.211. The number of aryl methyl sites for hydroxylation is 2. The summed E-state index contributed by atoms with van der Waals surface area (Å²) in [5.41, 5.74) is 3.94. The van der Waals surface area contributed by atoms with Crippen molar-refractivity contribution in [1.82, 2.24) is 0 Å². The third kappa shape index (κ3) is 3.89. The molecule has 1 heterocycles. The minimum absolute atomic E-state index is 0.0266. The Labute approximate surface area is 173 Å². The molecule has 0 N–H and O–H groups in total. The van der Waals surface area contributed by atoms with Crippen LogP contribution in [0.25, 0.3) is 6.08 Å². The van der Waals surface area contributed by atoms with Crippen molar-refractivity contribution in [3.8, 4) is 11.5 Å². The zero-order chi connectivity index (χ0) is 20.5. The molecule has 0 radical (unpaired) electrons. The molecule has 0 spiro atoms. The molecule has 0 amide bonds. The van der Waals surface area contributed by atoms with E-state index in [2.05, 4.69) is 18.2 Å². The maximum Gasteiger partial charge on any atom is 0.231 e. The third-order valence-corrected chi connectivity index (χ3v) is 5.15. The highest BCUT2D eigenvalue weighted by molar-refractivity contribution is 6.32. The highest BCUT2D eigenvalue weighted by Gasteiger charge is 2.28. The second-order valence-corrected chi connectivity index (χ2v) is 7.36. The largest absolute Gasteiger partial charge is 0.489 e. The van der Waals surface area contributed by atoms with Gasteiger partial charge in [0.15, 0.2) is 5.76 Å². The molecule has 0 aromatic heterocycles. The molecule has 0 fully saturated rings. The fourth-order valence-corrected chi connectivity index (χ4v) is 3.37. The molecular formula is C24H18ClFO3. The standard InChI is InChI=1S/C24H18ClFO3/c1-14-6-7-15(2)16(10-14)13-28-17-8-9-18-22(11-17)29-23(24(18)27)12-19-20(25)4-3-5-21(19)26/h3-12H,13H2,1-2H3/b23-12+. The molecule has 146 valence electrons. The second kappa shape index (κ2) is 7.72. The number of ether oxygens (including phenoxy) is 2. The van der Waals surface area contributed by atoms with Gasteiger partial charge < -0.3 is 9.47 Å². The van der Waals surface area contributed by atoms with E-state index in [4.69, 9.17) is 21.1 Å². The SMILES string of the molecule is Cc1ccc(C)c(COc2ccc3c(c2)O/C(=C/c2c(F)cccc2Cl)C3=O)c1. The number of ketones is 1. The van der Waals surface area contributed by atoms with E-state index in [0.717, 1.165) is 11.1 Å². The Morgan fingerprint density at radius 2 is 1.93 bits per heavy atom. The van der Waals surface area contributed by atoms with Crippen LogP contribution >= 0.6 is 11.6 Å². The number of allylic oxidation sites excluding steroid dienone is 1. The molecule has 1 aliphatic heterocycles. The predicted molar refractivity (Wildman–Crippen MR) is 111 cm³/mol. The van der Waals surface area contributed by atoms with E-state index in [9.17, 15) is 9.18 Å². The molecule has 0 atom stereocenters. The Bertz CT molecular complexity index is 1130. The summed E-state index contributed by atoms with van der Waals surface area (Å²) in [6.07, 6.45) is 1.33. The average molecular weight is 409 g/mol. The lowest BCUT2D eigenvalue weighted by molar-refractivity contribution is 0.101. The Hall–Kier alpha value is -3.11. The monoisotopic (exact) mass is 408 g/mol. The maximum absolute atomic E-state index is 14.0. The van der Waals surface area contributed by atoms with E-state index in [0.29, 0.717) is 23.7 Å². The van der Waals surface area contributed by atoms with Crippen LogP contribution in [0.2, 0.25) is 5.02 Å². The lowest BCUT2D eigenvalue weighted by Crippen LogP contribution is -1.99. The van der Waals surface area contributed by atoms with Crippen LogP contribution in [0.4, 0.5) is 4.39 Å². The lowest BCUT2D eigenvalue weighted by Gasteiger charge is -2.10. The van der Waals surface area contributed by atoms with Gasteiger partial charge in [-0.15, -0.1) is 0 Å². The second-order valence-electron chi connectivity index (χ2n) is 6.95. The van der Waals surface area contributed by atoms with Crippen LogP contribution < -0.4 is 9.47 Å².